The molecule has 0 aromatic heterocycles. The Morgan fingerprint density at radius 3 is 2.94 bits per heavy atom. The van der Waals surface area contributed by atoms with Crippen LogP contribution in [0.25, 0.3) is 0 Å². The number of nitrogens with zero attached hydrogens (tertiary/aromatic N) is 1. The third kappa shape index (κ3) is 4.49. The molecule has 1 saturated heterocycles. The van der Waals surface area contributed by atoms with Crippen LogP contribution in [-0.4, -0.2) is 48.2 Å². The smallest absolute Gasteiger partial charge is 0.320 e. The molecule has 2 unspecified atom stereocenters. The predicted molar refractivity (Wildman–Crippen MR) is 64.6 cm³/mol. The normalized spacial score (nSPS) is 24.2. The molecule has 0 aliphatic carbocycles. The molecule has 4 nitrogen and oxygen atoms in total. The van der Waals surface area contributed by atoms with Gasteiger partial charge in [-0.05, 0) is 38.3 Å². The third-order valence-electron chi connectivity index (χ3n) is 3.22. The molecule has 1 fully saturated rings. The molecular formula is C12H24N2O2. The van der Waals surface area contributed by atoms with E-state index in [0.717, 1.165) is 25.6 Å². The fraction of sp³-hybridized carbons (Fsp3) is 0.917. The number of carboxylic acid groups (broad SMARTS) is 1. The highest BCUT2D eigenvalue weighted by atomic mass is 16.4. The fourth-order valence-corrected chi connectivity index (χ4v) is 2.36. The monoisotopic (exact) mass is 228 g/mol. The Kier molecular flexibility index (Phi) is 5.77. The van der Waals surface area contributed by atoms with E-state index in [4.69, 9.17) is 5.11 Å². The van der Waals surface area contributed by atoms with Crippen molar-refractivity contribution in [2.24, 2.45) is 5.92 Å². The minimum Gasteiger partial charge on any atom is -0.480 e. The largest absolute Gasteiger partial charge is 0.480 e. The maximum atomic E-state index is 10.9. The van der Waals surface area contributed by atoms with E-state index >= 15 is 0 Å². The summed E-state index contributed by atoms with van der Waals surface area (Å²) in [4.78, 5) is 13.3. The van der Waals surface area contributed by atoms with E-state index in [1.54, 1.807) is 0 Å². The highest BCUT2D eigenvalue weighted by Crippen LogP contribution is 2.15. The second-order valence-corrected chi connectivity index (χ2v) is 4.79. The molecule has 0 aromatic carbocycles. The highest BCUT2D eigenvalue weighted by molar-refractivity contribution is 5.73. The van der Waals surface area contributed by atoms with Crippen molar-refractivity contribution in [3.8, 4) is 0 Å². The van der Waals surface area contributed by atoms with Crippen LogP contribution in [-0.2, 0) is 4.79 Å². The number of hydrogen-bond acceptors (Lipinski definition) is 3. The van der Waals surface area contributed by atoms with Crippen molar-refractivity contribution in [2.45, 2.75) is 39.2 Å². The molecule has 0 amide bonds. The Bertz CT molecular complexity index is 221. The van der Waals surface area contributed by atoms with Crippen molar-refractivity contribution < 1.29 is 9.90 Å². The molecule has 0 radical (unpaired) electrons. The van der Waals surface area contributed by atoms with E-state index in [2.05, 4.69) is 17.1 Å². The van der Waals surface area contributed by atoms with Crippen molar-refractivity contribution in [3.05, 3.63) is 0 Å². The third-order valence-corrected chi connectivity index (χ3v) is 3.22. The molecule has 2 atom stereocenters. The van der Waals surface area contributed by atoms with Gasteiger partial charge in [-0.2, -0.15) is 0 Å². The van der Waals surface area contributed by atoms with Crippen LogP contribution in [0.4, 0.5) is 0 Å². The number of piperidine rings is 1. The van der Waals surface area contributed by atoms with Gasteiger partial charge in [0.05, 0.1) is 0 Å². The van der Waals surface area contributed by atoms with Gasteiger partial charge in [-0.15, -0.1) is 0 Å². The average molecular weight is 228 g/mol. The molecule has 2 N–H and O–H groups in total. The van der Waals surface area contributed by atoms with Gasteiger partial charge in [0.2, 0.25) is 0 Å². The van der Waals surface area contributed by atoms with Crippen molar-refractivity contribution in [3.63, 3.8) is 0 Å². The molecule has 1 rings (SSSR count). The fourth-order valence-electron chi connectivity index (χ4n) is 2.36. The number of likely N-dealkylation sites (N-methyl/N-ethyl adjacent to an activating group) is 1. The predicted octanol–water partition coefficient (Wildman–Crippen LogP) is 1.17. The Hall–Kier alpha value is -0.610. The van der Waals surface area contributed by atoms with Crippen molar-refractivity contribution in [1.29, 1.82) is 0 Å². The number of rotatable bonds is 6. The van der Waals surface area contributed by atoms with Crippen LogP contribution in [0.1, 0.15) is 33.1 Å². The first kappa shape index (κ1) is 13.5. The zero-order valence-corrected chi connectivity index (χ0v) is 10.4. The van der Waals surface area contributed by atoms with E-state index in [0.29, 0.717) is 13.0 Å². The van der Waals surface area contributed by atoms with Gasteiger partial charge in [-0.3, -0.25) is 4.79 Å². The highest BCUT2D eigenvalue weighted by Gasteiger charge is 2.20. The summed E-state index contributed by atoms with van der Waals surface area (Å²) in [6.07, 6.45) is 3.27. The SMILES string of the molecule is CCNC(CCN1CCCC(C)C1)C(=O)O. The summed E-state index contributed by atoms with van der Waals surface area (Å²) in [5.41, 5.74) is 0. The van der Waals surface area contributed by atoms with Gasteiger partial charge >= 0.3 is 5.97 Å². The van der Waals surface area contributed by atoms with Gasteiger partial charge in [0.25, 0.3) is 0 Å². The molecule has 0 spiro atoms. The van der Waals surface area contributed by atoms with Crippen LogP contribution in [0.15, 0.2) is 0 Å². The molecule has 16 heavy (non-hydrogen) atoms. The van der Waals surface area contributed by atoms with Crippen molar-refractivity contribution in [2.75, 3.05) is 26.2 Å². The van der Waals surface area contributed by atoms with Gasteiger partial charge in [-0.25, -0.2) is 0 Å². The number of likely N-dealkylation sites (tertiary alicyclic amines) is 1. The molecule has 1 heterocycles. The zero-order valence-electron chi connectivity index (χ0n) is 10.4. The van der Waals surface area contributed by atoms with Crippen molar-refractivity contribution in [1.82, 2.24) is 10.2 Å². The lowest BCUT2D eigenvalue weighted by Crippen LogP contribution is -2.42. The summed E-state index contributed by atoms with van der Waals surface area (Å²) >= 11 is 0. The van der Waals surface area contributed by atoms with Crippen LogP contribution < -0.4 is 5.32 Å². The summed E-state index contributed by atoms with van der Waals surface area (Å²) in [7, 11) is 0. The molecule has 0 aromatic rings. The Balaban J connectivity index is 2.28. The van der Waals surface area contributed by atoms with Gasteiger partial charge in [0, 0.05) is 13.1 Å². The molecule has 1 aliphatic heterocycles. The van der Waals surface area contributed by atoms with Gasteiger partial charge in [0.15, 0.2) is 0 Å². The van der Waals surface area contributed by atoms with Gasteiger partial charge in [-0.1, -0.05) is 13.8 Å². The van der Waals surface area contributed by atoms with E-state index in [1.165, 1.54) is 12.8 Å². The van der Waals surface area contributed by atoms with Crippen LogP contribution in [0.3, 0.4) is 0 Å². The summed E-state index contributed by atoms with van der Waals surface area (Å²) in [5, 5.41) is 12.0. The second kappa shape index (κ2) is 6.86. The van der Waals surface area contributed by atoms with Crippen LogP contribution in [0, 0.1) is 5.92 Å². The molecular weight excluding hydrogens is 204 g/mol. The van der Waals surface area contributed by atoms with E-state index in [1.807, 2.05) is 6.92 Å². The standard InChI is InChI=1S/C12H24N2O2/c1-3-13-11(12(15)16)6-8-14-7-4-5-10(2)9-14/h10-11,13H,3-9H2,1-2H3,(H,15,16). The Morgan fingerprint density at radius 2 is 2.38 bits per heavy atom. The Morgan fingerprint density at radius 1 is 1.62 bits per heavy atom. The lowest BCUT2D eigenvalue weighted by atomic mass is 10.00. The summed E-state index contributed by atoms with van der Waals surface area (Å²) < 4.78 is 0. The molecule has 94 valence electrons. The number of nitrogens with one attached hydrogen (secondary N) is 1. The van der Waals surface area contributed by atoms with Crippen LogP contribution in [0.2, 0.25) is 0 Å². The average Bonchev–Trinajstić information content (AvgIpc) is 2.24. The lowest BCUT2D eigenvalue weighted by Gasteiger charge is -2.31. The van der Waals surface area contributed by atoms with E-state index in [-0.39, 0.29) is 6.04 Å². The summed E-state index contributed by atoms with van der Waals surface area (Å²) in [6, 6.07) is -0.387. The van der Waals surface area contributed by atoms with E-state index in [9.17, 15) is 4.79 Å². The maximum absolute atomic E-state index is 10.9. The number of carboxylic acids is 1. The van der Waals surface area contributed by atoms with Crippen LogP contribution >= 0.6 is 0 Å². The Labute approximate surface area is 98.0 Å². The minimum absolute atomic E-state index is 0.387. The number of aliphatic carboxylic acids is 1. The minimum atomic E-state index is -0.730. The lowest BCUT2D eigenvalue weighted by molar-refractivity contribution is -0.139. The number of hydrogen-bond donors (Lipinski definition) is 2. The maximum Gasteiger partial charge on any atom is 0.320 e. The first-order chi connectivity index (χ1) is 7.63. The second-order valence-electron chi connectivity index (χ2n) is 4.79. The number of carbonyl (C=O) groups is 1. The summed E-state index contributed by atoms with van der Waals surface area (Å²) in [5.74, 6) is 0.0306. The van der Waals surface area contributed by atoms with Crippen LogP contribution in [0.5, 0.6) is 0 Å². The topological polar surface area (TPSA) is 52.6 Å². The zero-order chi connectivity index (χ0) is 12.0. The molecule has 0 bridgehead atoms. The van der Waals surface area contributed by atoms with Gasteiger partial charge < -0.3 is 15.3 Å². The van der Waals surface area contributed by atoms with E-state index < -0.39 is 5.97 Å². The first-order valence-corrected chi connectivity index (χ1v) is 6.32. The first-order valence-electron chi connectivity index (χ1n) is 6.32. The molecule has 1 aliphatic rings. The summed E-state index contributed by atoms with van der Waals surface area (Å²) in [6.45, 7) is 8.08. The van der Waals surface area contributed by atoms with Gasteiger partial charge in [0.1, 0.15) is 6.04 Å². The molecule has 4 heteroatoms. The molecule has 0 saturated carbocycles. The van der Waals surface area contributed by atoms with Crippen molar-refractivity contribution >= 4 is 5.97 Å². The quantitative estimate of drug-likeness (QED) is 0.716.